The third-order valence-electron chi connectivity index (χ3n) is 6.60. The number of esters is 1. The van der Waals surface area contributed by atoms with E-state index in [-0.39, 0.29) is 23.0 Å². The van der Waals surface area contributed by atoms with E-state index >= 15 is 0 Å². The van der Waals surface area contributed by atoms with E-state index in [1.807, 2.05) is 36.9 Å². The monoisotopic (exact) mass is 485 g/mol. The van der Waals surface area contributed by atoms with Crippen molar-refractivity contribution in [2.75, 3.05) is 32.8 Å². The van der Waals surface area contributed by atoms with Crippen LogP contribution in [0.2, 0.25) is 0 Å². The number of aromatic nitrogens is 3. The minimum atomic E-state index is -0.280. The van der Waals surface area contributed by atoms with Crippen molar-refractivity contribution in [2.24, 2.45) is 5.92 Å². The standard InChI is InChI=1S/C25H35N5O3S/c1-3-33-24(32)21-11-15-29(16-12-21)23(31)19(2)34-25-27-26-22(18-28-13-7-8-14-28)30(25)17-20-9-5-4-6-10-20/h4-6,9-10,19,21H,3,7-8,11-18H2,1-2H3. The number of carbonyl (C=O) groups is 2. The van der Waals surface area contributed by atoms with Crippen LogP contribution in [0.3, 0.4) is 0 Å². The molecule has 184 valence electrons. The van der Waals surface area contributed by atoms with Crippen LogP contribution in [0.25, 0.3) is 0 Å². The zero-order chi connectivity index (χ0) is 23.9. The molecule has 1 atom stereocenters. The summed E-state index contributed by atoms with van der Waals surface area (Å²) in [5.74, 6) is 0.788. The molecule has 0 aliphatic carbocycles. The molecule has 0 radical (unpaired) electrons. The maximum atomic E-state index is 13.2. The van der Waals surface area contributed by atoms with Gasteiger partial charge in [-0.25, -0.2) is 0 Å². The summed E-state index contributed by atoms with van der Waals surface area (Å²) in [7, 11) is 0. The molecule has 8 nitrogen and oxygen atoms in total. The summed E-state index contributed by atoms with van der Waals surface area (Å²) in [5.41, 5.74) is 1.19. The van der Waals surface area contributed by atoms with Gasteiger partial charge in [0.05, 0.1) is 30.9 Å². The summed E-state index contributed by atoms with van der Waals surface area (Å²) < 4.78 is 7.31. The second-order valence-electron chi connectivity index (χ2n) is 9.07. The van der Waals surface area contributed by atoms with Crippen LogP contribution in [0.15, 0.2) is 35.5 Å². The molecule has 0 spiro atoms. The fourth-order valence-electron chi connectivity index (χ4n) is 4.65. The number of rotatable bonds is 9. The molecule has 2 fully saturated rings. The molecule has 0 N–H and O–H groups in total. The largest absolute Gasteiger partial charge is 0.466 e. The lowest BCUT2D eigenvalue weighted by molar-refractivity contribution is -0.151. The number of nitrogens with zero attached hydrogens (tertiary/aromatic N) is 5. The zero-order valence-electron chi connectivity index (χ0n) is 20.2. The van der Waals surface area contributed by atoms with E-state index in [0.717, 1.165) is 30.6 Å². The summed E-state index contributed by atoms with van der Waals surface area (Å²) in [4.78, 5) is 29.5. The van der Waals surface area contributed by atoms with E-state index in [9.17, 15) is 9.59 Å². The van der Waals surface area contributed by atoms with Crippen molar-refractivity contribution in [3.05, 3.63) is 41.7 Å². The third-order valence-corrected chi connectivity index (χ3v) is 7.67. The van der Waals surface area contributed by atoms with Crippen molar-refractivity contribution in [2.45, 2.75) is 63.0 Å². The highest BCUT2D eigenvalue weighted by molar-refractivity contribution is 8.00. The third kappa shape index (κ3) is 6.18. The fraction of sp³-hybridized carbons (Fsp3) is 0.600. The molecule has 2 aliphatic rings. The second kappa shape index (κ2) is 11.8. The lowest BCUT2D eigenvalue weighted by Crippen LogP contribution is -2.43. The normalized spacial score (nSPS) is 18.2. The predicted octanol–water partition coefficient (Wildman–Crippen LogP) is 3.20. The van der Waals surface area contributed by atoms with Gasteiger partial charge in [-0.3, -0.25) is 14.5 Å². The van der Waals surface area contributed by atoms with Crippen molar-refractivity contribution in [3.8, 4) is 0 Å². The van der Waals surface area contributed by atoms with Crippen LogP contribution in [-0.2, 0) is 27.4 Å². The number of piperidine rings is 1. The first kappa shape index (κ1) is 24.7. The van der Waals surface area contributed by atoms with E-state index in [0.29, 0.717) is 39.1 Å². The van der Waals surface area contributed by atoms with Crippen LogP contribution in [0.5, 0.6) is 0 Å². The van der Waals surface area contributed by atoms with Crippen LogP contribution in [-0.4, -0.2) is 74.5 Å². The van der Waals surface area contributed by atoms with E-state index in [1.54, 1.807) is 0 Å². The highest BCUT2D eigenvalue weighted by Gasteiger charge is 2.31. The van der Waals surface area contributed by atoms with Crippen molar-refractivity contribution >= 4 is 23.6 Å². The van der Waals surface area contributed by atoms with Crippen molar-refractivity contribution < 1.29 is 14.3 Å². The Bertz CT molecular complexity index is 953. The number of hydrogen-bond donors (Lipinski definition) is 0. The van der Waals surface area contributed by atoms with Crippen molar-refractivity contribution in [1.29, 1.82) is 0 Å². The predicted molar refractivity (Wildman–Crippen MR) is 131 cm³/mol. The summed E-state index contributed by atoms with van der Waals surface area (Å²) in [6.07, 6.45) is 3.78. The van der Waals surface area contributed by atoms with E-state index in [1.165, 1.54) is 30.2 Å². The first-order chi connectivity index (χ1) is 16.5. The molecule has 9 heteroatoms. The molecule has 0 bridgehead atoms. The smallest absolute Gasteiger partial charge is 0.309 e. The Kier molecular flexibility index (Phi) is 8.61. The van der Waals surface area contributed by atoms with E-state index in [2.05, 4.69) is 31.8 Å². The number of hydrogen-bond acceptors (Lipinski definition) is 7. The Morgan fingerprint density at radius 2 is 1.76 bits per heavy atom. The molecule has 1 aromatic heterocycles. The molecule has 2 saturated heterocycles. The van der Waals surface area contributed by atoms with Gasteiger partial charge in [0.15, 0.2) is 5.16 Å². The van der Waals surface area contributed by atoms with Crippen LogP contribution >= 0.6 is 11.8 Å². The highest BCUT2D eigenvalue weighted by Crippen LogP contribution is 2.27. The molecule has 34 heavy (non-hydrogen) atoms. The number of thioether (sulfide) groups is 1. The van der Waals surface area contributed by atoms with Gasteiger partial charge in [0, 0.05) is 13.1 Å². The van der Waals surface area contributed by atoms with Crippen molar-refractivity contribution in [3.63, 3.8) is 0 Å². The van der Waals surface area contributed by atoms with E-state index < -0.39 is 0 Å². The summed E-state index contributed by atoms with van der Waals surface area (Å²) >= 11 is 1.47. The quantitative estimate of drug-likeness (QED) is 0.399. The van der Waals surface area contributed by atoms with Gasteiger partial charge in [0.25, 0.3) is 0 Å². The maximum absolute atomic E-state index is 13.2. The van der Waals surface area contributed by atoms with Crippen LogP contribution in [0.4, 0.5) is 0 Å². The summed E-state index contributed by atoms with van der Waals surface area (Å²) in [5, 5.41) is 9.51. The lowest BCUT2D eigenvalue weighted by Gasteiger charge is -2.32. The first-order valence-corrected chi connectivity index (χ1v) is 13.2. The summed E-state index contributed by atoms with van der Waals surface area (Å²) in [6.45, 7) is 8.99. The van der Waals surface area contributed by atoms with Gasteiger partial charge in [-0.1, -0.05) is 42.1 Å². The Hall–Kier alpha value is -2.39. The molecule has 1 aromatic carbocycles. The molecule has 3 heterocycles. The molecule has 1 amide bonds. The molecule has 1 unspecified atom stereocenters. The lowest BCUT2D eigenvalue weighted by atomic mass is 9.97. The average Bonchev–Trinajstić information content (AvgIpc) is 3.50. The molecular formula is C25H35N5O3S. The number of ether oxygens (including phenoxy) is 1. The molecular weight excluding hydrogens is 450 g/mol. The van der Waals surface area contributed by atoms with Gasteiger partial charge >= 0.3 is 5.97 Å². The number of amides is 1. The Morgan fingerprint density at radius 3 is 2.44 bits per heavy atom. The Balaban J connectivity index is 1.42. The number of likely N-dealkylation sites (tertiary alicyclic amines) is 2. The number of carbonyl (C=O) groups excluding carboxylic acids is 2. The SMILES string of the molecule is CCOC(=O)C1CCN(C(=O)C(C)Sc2nnc(CN3CCCC3)n2Cc2ccccc2)CC1. The van der Waals surface area contributed by atoms with Crippen LogP contribution in [0.1, 0.15) is 50.9 Å². The van der Waals surface area contributed by atoms with Gasteiger partial charge in [0.1, 0.15) is 5.82 Å². The maximum Gasteiger partial charge on any atom is 0.309 e. The van der Waals surface area contributed by atoms with Gasteiger partial charge in [-0.2, -0.15) is 0 Å². The van der Waals surface area contributed by atoms with Crippen molar-refractivity contribution in [1.82, 2.24) is 24.6 Å². The van der Waals surface area contributed by atoms with Crippen LogP contribution in [0, 0.1) is 5.92 Å². The van der Waals surface area contributed by atoms with Crippen LogP contribution < -0.4 is 0 Å². The van der Waals surface area contributed by atoms with Gasteiger partial charge in [-0.05, 0) is 58.2 Å². The molecule has 2 aromatic rings. The zero-order valence-corrected chi connectivity index (χ0v) is 21.0. The van der Waals surface area contributed by atoms with E-state index in [4.69, 9.17) is 4.74 Å². The molecule has 2 aliphatic heterocycles. The Morgan fingerprint density at radius 1 is 1.06 bits per heavy atom. The Labute approximate surface area is 206 Å². The fourth-order valence-corrected chi connectivity index (χ4v) is 5.60. The van der Waals surface area contributed by atoms with Gasteiger partial charge in [0.2, 0.25) is 5.91 Å². The highest BCUT2D eigenvalue weighted by atomic mass is 32.2. The first-order valence-electron chi connectivity index (χ1n) is 12.4. The number of benzene rings is 1. The molecule has 0 saturated carbocycles. The van der Waals surface area contributed by atoms with Gasteiger partial charge < -0.3 is 14.2 Å². The average molecular weight is 486 g/mol. The second-order valence-corrected chi connectivity index (χ2v) is 10.4. The minimum absolute atomic E-state index is 0.0858. The molecule has 4 rings (SSSR count). The summed E-state index contributed by atoms with van der Waals surface area (Å²) in [6, 6.07) is 10.3. The topological polar surface area (TPSA) is 80.6 Å². The minimum Gasteiger partial charge on any atom is -0.466 e. The van der Waals surface area contributed by atoms with Gasteiger partial charge in [-0.15, -0.1) is 10.2 Å².